The number of hydrogen-bond donors (Lipinski definition) is 2. The van der Waals surface area contributed by atoms with Crippen LogP contribution in [0, 0.1) is 20.8 Å². The fourth-order valence-corrected chi connectivity index (χ4v) is 3.43. The second-order valence-electron chi connectivity index (χ2n) is 5.11. The van der Waals surface area contributed by atoms with E-state index in [0.29, 0.717) is 17.4 Å². The van der Waals surface area contributed by atoms with Crippen molar-refractivity contribution in [1.82, 2.24) is 4.98 Å². The molecule has 1 aromatic carbocycles. The van der Waals surface area contributed by atoms with Crippen LogP contribution in [0.4, 0.5) is 5.13 Å². The second kappa shape index (κ2) is 7.76. The second-order valence-corrected chi connectivity index (χ2v) is 7.42. The molecule has 0 aliphatic heterocycles. The first kappa shape index (κ1) is 17.0. The molecule has 0 bridgehead atoms. The smallest absolute Gasteiger partial charge is 0.236 e. The quantitative estimate of drug-likeness (QED) is 0.794. The van der Waals surface area contributed by atoms with Gasteiger partial charge in [0.25, 0.3) is 0 Å². The van der Waals surface area contributed by atoms with Gasteiger partial charge >= 0.3 is 0 Å². The van der Waals surface area contributed by atoms with Gasteiger partial charge in [0.15, 0.2) is 5.13 Å². The van der Waals surface area contributed by atoms with E-state index in [9.17, 15) is 4.79 Å². The van der Waals surface area contributed by atoms with Crippen LogP contribution >= 0.6 is 23.1 Å². The van der Waals surface area contributed by atoms with Gasteiger partial charge in [0, 0.05) is 22.7 Å². The maximum Gasteiger partial charge on any atom is 0.236 e. The summed E-state index contributed by atoms with van der Waals surface area (Å²) in [6.07, 6.45) is 0. The van der Waals surface area contributed by atoms with Crippen LogP contribution in [0.25, 0.3) is 11.3 Å². The summed E-state index contributed by atoms with van der Waals surface area (Å²) in [5, 5.41) is 3.52. The van der Waals surface area contributed by atoms with E-state index in [1.165, 1.54) is 34.2 Å². The van der Waals surface area contributed by atoms with Crippen LogP contribution < -0.4 is 11.1 Å². The first-order chi connectivity index (χ1) is 10.5. The standard InChI is InChI=1S/C16H21N3OS2/c1-10-4-5-13(8-11(10)2)15-12(3)22-16(19-15)18-14(20)9-21-7-6-17/h4-5,8H,6-7,9,17H2,1-3H3,(H,18,19,20). The lowest BCUT2D eigenvalue weighted by atomic mass is 10.0. The number of anilines is 1. The molecule has 118 valence electrons. The van der Waals surface area contributed by atoms with Crippen molar-refractivity contribution < 1.29 is 4.79 Å². The van der Waals surface area contributed by atoms with E-state index in [4.69, 9.17) is 5.73 Å². The molecule has 3 N–H and O–H groups in total. The predicted molar refractivity (Wildman–Crippen MR) is 96.8 cm³/mol. The summed E-state index contributed by atoms with van der Waals surface area (Å²) in [4.78, 5) is 17.5. The van der Waals surface area contributed by atoms with E-state index in [2.05, 4.69) is 42.3 Å². The Morgan fingerprint density at radius 2 is 2.09 bits per heavy atom. The van der Waals surface area contributed by atoms with Gasteiger partial charge in [0.1, 0.15) is 0 Å². The SMILES string of the molecule is Cc1ccc(-c2nc(NC(=O)CSCCN)sc2C)cc1C. The summed E-state index contributed by atoms with van der Waals surface area (Å²) in [7, 11) is 0. The molecule has 6 heteroatoms. The molecule has 0 spiro atoms. The molecule has 0 aliphatic carbocycles. The highest BCUT2D eigenvalue weighted by atomic mass is 32.2. The highest BCUT2D eigenvalue weighted by Crippen LogP contribution is 2.31. The first-order valence-electron chi connectivity index (χ1n) is 7.14. The Bertz CT molecular complexity index is 667. The van der Waals surface area contributed by atoms with Crippen LogP contribution in [0.15, 0.2) is 18.2 Å². The number of nitrogens with zero attached hydrogens (tertiary/aromatic N) is 1. The molecule has 1 heterocycles. The van der Waals surface area contributed by atoms with Gasteiger partial charge in [-0.2, -0.15) is 11.8 Å². The number of thiazole rings is 1. The molecule has 4 nitrogen and oxygen atoms in total. The van der Waals surface area contributed by atoms with E-state index in [1.807, 2.05) is 6.92 Å². The van der Waals surface area contributed by atoms with E-state index in [0.717, 1.165) is 21.9 Å². The van der Waals surface area contributed by atoms with Gasteiger partial charge in [-0.05, 0) is 38.0 Å². The number of aromatic nitrogens is 1. The lowest BCUT2D eigenvalue weighted by Crippen LogP contribution is -2.15. The summed E-state index contributed by atoms with van der Waals surface area (Å²) in [5.41, 5.74) is 9.96. The highest BCUT2D eigenvalue weighted by molar-refractivity contribution is 7.99. The number of rotatable bonds is 6. The van der Waals surface area contributed by atoms with E-state index in [-0.39, 0.29) is 5.91 Å². The first-order valence-corrected chi connectivity index (χ1v) is 9.11. The summed E-state index contributed by atoms with van der Waals surface area (Å²) in [6.45, 7) is 6.81. The Balaban J connectivity index is 2.10. The largest absolute Gasteiger partial charge is 0.330 e. The van der Waals surface area contributed by atoms with Crippen molar-refractivity contribution in [1.29, 1.82) is 0 Å². The minimum absolute atomic E-state index is 0.0289. The number of carbonyl (C=O) groups is 1. The van der Waals surface area contributed by atoms with Crippen LogP contribution in [0.5, 0.6) is 0 Å². The third-order valence-electron chi connectivity index (χ3n) is 3.32. The Hall–Kier alpha value is -1.37. The van der Waals surface area contributed by atoms with Crippen molar-refractivity contribution >= 4 is 34.1 Å². The molecule has 2 aromatic rings. The number of amides is 1. The van der Waals surface area contributed by atoms with Crippen molar-refractivity contribution in [2.45, 2.75) is 20.8 Å². The zero-order valence-electron chi connectivity index (χ0n) is 13.1. The Morgan fingerprint density at radius 1 is 1.32 bits per heavy atom. The van der Waals surface area contributed by atoms with Crippen LogP contribution in [0.2, 0.25) is 0 Å². The normalized spacial score (nSPS) is 10.7. The van der Waals surface area contributed by atoms with Crippen LogP contribution in [0.3, 0.4) is 0 Å². The number of nitrogens with two attached hydrogens (primary N) is 1. The molecular weight excluding hydrogens is 314 g/mol. The molecule has 0 radical (unpaired) electrons. The number of carbonyl (C=O) groups excluding carboxylic acids is 1. The zero-order chi connectivity index (χ0) is 16.1. The molecule has 1 aromatic heterocycles. The van der Waals surface area contributed by atoms with Gasteiger partial charge in [0.05, 0.1) is 11.4 Å². The van der Waals surface area contributed by atoms with Crippen molar-refractivity contribution in [2.24, 2.45) is 5.73 Å². The maximum absolute atomic E-state index is 11.8. The minimum Gasteiger partial charge on any atom is -0.330 e. The zero-order valence-corrected chi connectivity index (χ0v) is 14.7. The van der Waals surface area contributed by atoms with Crippen LogP contribution in [-0.4, -0.2) is 28.9 Å². The number of nitrogens with one attached hydrogen (secondary N) is 1. The fraction of sp³-hybridized carbons (Fsp3) is 0.375. The topological polar surface area (TPSA) is 68.0 Å². The fourth-order valence-electron chi connectivity index (χ4n) is 2.01. The molecule has 0 saturated carbocycles. The van der Waals surface area contributed by atoms with Gasteiger partial charge in [-0.25, -0.2) is 4.98 Å². The molecule has 0 fully saturated rings. The molecule has 22 heavy (non-hydrogen) atoms. The average molecular weight is 335 g/mol. The number of benzene rings is 1. The van der Waals surface area contributed by atoms with E-state index in [1.54, 1.807) is 0 Å². The summed E-state index contributed by atoms with van der Waals surface area (Å²) >= 11 is 3.04. The minimum atomic E-state index is -0.0289. The third kappa shape index (κ3) is 4.32. The number of aryl methyl sites for hydroxylation is 3. The lowest BCUT2D eigenvalue weighted by Gasteiger charge is -2.03. The number of thioether (sulfide) groups is 1. The summed E-state index contributed by atoms with van der Waals surface area (Å²) < 4.78 is 0. The molecule has 0 saturated heterocycles. The molecule has 0 aliphatic rings. The monoisotopic (exact) mass is 335 g/mol. The molecule has 2 rings (SSSR count). The van der Waals surface area contributed by atoms with E-state index < -0.39 is 0 Å². The van der Waals surface area contributed by atoms with Gasteiger partial charge < -0.3 is 11.1 Å². The average Bonchev–Trinajstić information content (AvgIpc) is 2.83. The van der Waals surface area contributed by atoms with Gasteiger partial charge in [-0.1, -0.05) is 12.1 Å². The van der Waals surface area contributed by atoms with E-state index >= 15 is 0 Å². The number of hydrogen-bond acceptors (Lipinski definition) is 5. The Kier molecular flexibility index (Phi) is 5.99. The third-order valence-corrected chi connectivity index (χ3v) is 5.20. The van der Waals surface area contributed by atoms with Crippen LogP contribution in [-0.2, 0) is 4.79 Å². The Morgan fingerprint density at radius 3 is 2.77 bits per heavy atom. The van der Waals surface area contributed by atoms with Crippen molar-refractivity contribution in [3.63, 3.8) is 0 Å². The lowest BCUT2D eigenvalue weighted by molar-refractivity contribution is -0.113. The highest BCUT2D eigenvalue weighted by Gasteiger charge is 2.12. The van der Waals surface area contributed by atoms with Gasteiger partial charge in [-0.15, -0.1) is 11.3 Å². The van der Waals surface area contributed by atoms with Gasteiger partial charge in [0.2, 0.25) is 5.91 Å². The van der Waals surface area contributed by atoms with Crippen LogP contribution in [0.1, 0.15) is 16.0 Å². The summed E-state index contributed by atoms with van der Waals surface area (Å²) in [5.74, 6) is 1.17. The predicted octanol–water partition coefficient (Wildman–Crippen LogP) is 3.37. The molecule has 0 atom stereocenters. The summed E-state index contributed by atoms with van der Waals surface area (Å²) in [6, 6.07) is 6.32. The van der Waals surface area contributed by atoms with Gasteiger partial charge in [-0.3, -0.25) is 4.79 Å². The maximum atomic E-state index is 11.8. The van der Waals surface area contributed by atoms with Crippen molar-refractivity contribution in [2.75, 3.05) is 23.4 Å². The molecule has 0 unspecified atom stereocenters. The molecule has 1 amide bonds. The Labute approximate surface area is 139 Å². The van der Waals surface area contributed by atoms with Crippen molar-refractivity contribution in [3.05, 3.63) is 34.2 Å². The van der Waals surface area contributed by atoms with Crippen molar-refractivity contribution in [3.8, 4) is 11.3 Å². The molecular formula is C16H21N3OS2.